The zero-order valence-electron chi connectivity index (χ0n) is 16.3. The molecule has 0 spiro atoms. The number of rotatable bonds is 4. The molecule has 2 aromatic carbocycles. The molecule has 3 rings (SSSR count). The van der Waals surface area contributed by atoms with Gasteiger partial charge in [-0.2, -0.15) is 0 Å². The summed E-state index contributed by atoms with van der Waals surface area (Å²) in [7, 11) is 1.72. The van der Waals surface area contributed by atoms with E-state index < -0.39 is 0 Å². The lowest BCUT2D eigenvalue weighted by Gasteiger charge is -2.21. The SMILES string of the molecule is CN=C(NCc1cc(F)cc2c1OCOC2)NCc1c(C)cc(C)cc1C. The largest absolute Gasteiger partial charge is 0.467 e. The van der Waals surface area contributed by atoms with E-state index in [0.717, 1.165) is 11.1 Å². The van der Waals surface area contributed by atoms with E-state index in [-0.39, 0.29) is 12.6 Å². The molecule has 0 unspecified atom stereocenters. The highest BCUT2D eigenvalue weighted by Gasteiger charge is 2.17. The van der Waals surface area contributed by atoms with Crippen LogP contribution in [0.15, 0.2) is 29.3 Å². The molecule has 0 saturated carbocycles. The van der Waals surface area contributed by atoms with Gasteiger partial charge in [-0.1, -0.05) is 17.7 Å². The number of aryl methyl sites for hydroxylation is 3. The zero-order valence-corrected chi connectivity index (χ0v) is 16.3. The molecule has 0 radical (unpaired) electrons. The van der Waals surface area contributed by atoms with Gasteiger partial charge in [0.2, 0.25) is 0 Å². The van der Waals surface area contributed by atoms with Gasteiger partial charge in [-0.3, -0.25) is 4.99 Å². The van der Waals surface area contributed by atoms with Crippen LogP contribution in [0.25, 0.3) is 0 Å². The second-order valence-corrected chi connectivity index (χ2v) is 6.82. The Hall–Kier alpha value is -2.60. The van der Waals surface area contributed by atoms with E-state index in [9.17, 15) is 4.39 Å². The van der Waals surface area contributed by atoms with Crippen molar-refractivity contribution in [1.82, 2.24) is 10.6 Å². The van der Waals surface area contributed by atoms with Gasteiger partial charge in [-0.15, -0.1) is 0 Å². The van der Waals surface area contributed by atoms with E-state index in [1.807, 2.05) is 0 Å². The summed E-state index contributed by atoms with van der Waals surface area (Å²) in [5, 5.41) is 6.57. The number of benzene rings is 2. The van der Waals surface area contributed by atoms with Gasteiger partial charge in [0.05, 0.1) is 6.61 Å². The quantitative estimate of drug-likeness (QED) is 0.638. The van der Waals surface area contributed by atoms with Crippen molar-refractivity contribution in [3.8, 4) is 5.75 Å². The fraction of sp³-hybridized carbons (Fsp3) is 0.381. The zero-order chi connectivity index (χ0) is 19.4. The molecule has 0 atom stereocenters. The van der Waals surface area contributed by atoms with Gasteiger partial charge >= 0.3 is 0 Å². The number of fused-ring (bicyclic) bond motifs is 1. The Kier molecular flexibility index (Phi) is 5.96. The summed E-state index contributed by atoms with van der Waals surface area (Å²) in [6.07, 6.45) is 0. The highest BCUT2D eigenvalue weighted by atomic mass is 19.1. The van der Waals surface area contributed by atoms with Crippen molar-refractivity contribution in [2.45, 2.75) is 40.5 Å². The van der Waals surface area contributed by atoms with Crippen LogP contribution in [-0.2, 0) is 24.4 Å². The van der Waals surface area contributed by atoms with Crippen LogP contribution in [0.1, 0.15) is 33.4 Å². The minimum atomic E-state index is -0.298. The van der Waals surface area contributed by atoms with Crippen molar-refractivity contribution in [3.05, 3.63) is 63.5 Å². The Morgan fingerprint density at radius 1 is 1.07 bits per heavy atom. The molecule has 0 aliphatic carbocycles. The summed E-state index contributed by atoms with van der Waals surface area (Å²) in [5.74, 6) is 1.05. The maximum atomic E-state index is 13.9. The Balaban J connectivity index is 1.66. The Morgan fingerprint density at radius 3 is 2.48 bits per heavy atom. The monoisotopic (exact) mass is 371 g/mol. The second kappa shape index (κ2) is 8.39. The van der Waals surface area contributed by atoms with Crippen LogP contribution in [0.4, 0.5) is 4.39 Å². The van der Waals surface area contributed by atoms with Crippen molar-refractivity contribution in [2.24, 2.45) is 4.99 Å². The molecule has 144 valence electrons. The Labute approximate surface area is 159 Å². The fourth-order valence-corrected chi connectivity index (χ4v) is 3.45. The topological polar surface area (TPSA) is 54.9 Å². The number of nitrogens with one attached hydrogen (secondary N) is 2. The van der Waals surface area contributed by atoms with Gasteiger partial charge in [0.1, 0.15) is 11.6 Å². The van der Waals surface area contributed by atoms with Gasteiger partial charge in [-0.05, 0) is 49.6 Å². The molecule has 0 saturated heterocycles. The molecule has 0 bridgehead atoms. The maximum Gasteiger partial charge on any atom is 0.191 e. The summed E-state index contributed by atoms with van der Waals surface area (Å²) in [4.78, 5) is 4.26. The number of ether oxygens (including phenoxy) is 2. The molecule has 2 aromatic rings. The van der Waals surface area contributed by atoms with Gasteiger partial charge in [0.15, 0.2) is 12.8 Å². The predicted molar refractivity (Wildman–Crippen MR) is 104 cm³/mol. The average molecular weight is 371 g/mol. The van der Waals surface area contributed by atoms with Crippen LogP contribution in [0.5, 0.6) is 5.75 Å². The summed E-state index contributed by atoms with van der Waals surface area (Å²) < 4.78 is 24.7. The van der Waals surface area contributed by atoms with E-state index in [1.165, 1.54) is 34.4 Å². The van der Waals surface area contributed by atoms with E-state index in [2.05, 4.69) is 48.5 Å². The minimum Gasteiger partial charge on any atom is -0.467 e. The molecule has 0 fully saturated rings. The lowest BCUT2D eigenvalue weighted by Crippen LogP contribution is -2.36. The first-order chi connectivity index (χ1) is 13.0. The summed E-state index contributed by atoms with van der Waals surface area (Å²) in [6, 6.07) is 7.30. The van der Waals surface area contributed by atoms with Crippen molar-refractivity contribution >= 4 is 5.96 Å². The molecule has 0 amide bonds. The lowest BCUT2D eigenvalue weighted by atomic mass is 10.00. The molecule has 0 aromatic heterocycles. The third kappa shape index (κ3) is 4.57. The van der Waals surface area contributed by atoms with Crippen molar-refractivity contribution < 1.29 is 13.9 Å². The molecule has 27 heavy (non-hydrogen) atoms. The standard InChI is InChI=1S/C21H26FN3O2/c1-13-5-14(2)19(15(3)6-13)10-25-21(23-4)24-9-16-7-18(22)8-17-11-26-12-27-20(16)17/h5-8H,9-12H2,1-4H3,(H2,23,24,25). The van der Waals surface area contributed by atoms with Crippen molar-refractivity contribution in [2.75, 3.05) is 13.8 Å². The molecule has 1 aliphatic heterocycles. The van der Waals surface area contributed by atoms with Crippen LogP contribution in [-0.4, -0.2) is 19.8 Å². The smallest absolute Gasteiger partial charge is 0.191 e. The van der Waals surface area contributed by atoms with Gasteiger partial charge in [0.25, 0.3) is 0 Å². The molecule has 5 nitrogen and oxygen atoms in total. The Morgan fingerprint density at radius 2 is 1.78 bits per heavy atom. The first-order valence-corrected chi connectivity index (χ1v) is 9.01. The van der Waals surface area contributed by atoms with Crippen molar-refractivity contribution in [3.63, 3.8) is 0 Å². The molecule has 1 aliphatic rings. The number of hydrogen-bond donors (Lipinski definition) is 2. The maximum absolute atomic E-state index is 13.9. The first kappa shape index (κ1) is 19.2. The minimum absolute atomic E-state index is 0.185. The van der Waals surface area contributed by atoms with Gasteiger partial charge in [0, 0.05) is 31.3 Å². The first-order valence-electron chi connectivity index (χ1n) is 9.01. The number of hydrogen-bond acceptors (Lipinski definition) is 3. The summed E-state index contributed by atoms with van der Waals surface area (Å²) in [6.45, 7) is 7.96. The Bertz CT molecular complexity index is 842. The summed E-state index contributed by atoms with van der Waals surface area (Å²) in [5.41, 5.74) is 6.50. The average Bonchev–Trinajstić information content (AvgIpc) is 2.62. The normalized spacial score (nSPS) is 13.7. The third-order valence-electron chi connectivity index (χ3n) is 4.69. The van der Waals surface area contributed by atoms with Crippen LogP contribution >= 0.6 is 0 Å². The molecular formula is C21H26FN3O2. The third-order valence-corrected chi connectivity index (χ3v) is 4.69. The second-order valence-electron chi connectivity index (χ2n) is 6.82. The highest BCUT2D eigenvalue weighted by molar-refractivity contribution is 5.79. The van der Waals surface area contributed by atoms with Crippen LogP contribution in [0, 0.1) is 26.6 Å². The van der Waals surface area contributed by atoms with Crippen LogP contribution < -0.4 is 15.4 Å². The summed E-state index contributed by atoms with van der Waals surface area (Å²) >= 11 is 0. The van der Waals surface area contributed by atoms with Gasteiger partial charge < -0.3 is 20.1 Å². The van der Waals surface area contributed by atoms with E-state index in [1.54, 1.807) is 7.05 Å². The lowest BCUT2D eigenvalue weighted by molar-refractivity contribution is -0.0172. The van der Waals surface area contributed by atoms with Crippen LogP contribution in [0.2, 0.25) is 0 Å². The van der Waals surface area contributed by atoms with E-state index >= 15 is 0 Å². The molecule has 1 heterocycles. The number of nitrogens with zero attached hydrogens (tertiary/aromatic N) is 1. The van der Waals surface area contributed by atoms with E-state index in [0.29, 0.717) is 31.4 Å². The highest BCUT2D eigenvalue weighted by Crippen LogP contribution is 2.29. The van der Waals surface area contributed by atoms with E-state index in [4.69, 9.17) is 9.47 Å². The number of guanidine groups is 1. The van der Waals surface area contributed by atoms with Crippen LogP contribution in [0.3, 0.4) is 0 Å². The van der Waals surface area contributed by atoms with Gasteiger partial charge in [-0.25, -0.2) is 4.39 Å². The fourth-order valence-electron chi connectivity index (χ4n) is 3.45. The molecule has 6 heteroatoms. The molecular weight excluding hydrogens is 345 g/mol. The predicted octanol–water partition coefficient (Wildman–Crippen LogP) is 3.48. The van der Waals surface area contributed by atoms with Crippen molar-refractivity contribution in [1.29, 1.82) is 0 Å². The molecule has 2 N–H and O–H groups in total. The number of halogens is 1. The number of aliphatic imine (C=N–C) groups is 1.